The number of nitrogens with one attached hydrogen (secondary N) is 3. The van der Waals surface area contributed by atoms with Crippen LogP contribution in [0.4, 0.5) is 10.2 Å². The summed E-state index contributed by atoms with van der Waals surface area (Å²) in [6.07, 6.45) is 1.33. The van der Waals surface area contributed by atoms with Crippen molar-refractivity contribution >= 4 is 17.6 Å². The molecule has 0 fully saturated rings. The molecule has 116 valence electrons. The third-order valence-electron chi connectivity index (χ3n) is 2.80. The van der Waals surface area contributed by atoms with Gasteiger partial charge in [0.15, 0.2) is 11.6 Å². The fourth-order valence-electron chi connectivity index (χ4n) is 1.59. The number of nitrogens with zero attached hydrogens (tertiary/aromatic N) is 1. The summed E-state index contributed by atoms with van der Waals surface area (Å²) in [5, 5.41) is 7.72. The summed E-state index contributed by atoms with van der Waals surface area (Å²) in [5.41, 5.74) is -0.155. The van der Waals surface area contributed by atoms with Gasteiger partial charge < -0.3 is 16.0 Å². The Labute approximate surface area is 123 Å². The molecule has 0 spiro atoms. The minimum Gasteiger partial charge on any atom is -0.371 e. The van der Waals surface area contributed by atoms with Crippen LogP contribution < -0.4 is 16.0 Å². The van der Waals surface area contributed by atoms with Crippen molar-refractivity contribution in [2.45, 2.75) is 26.8 Å². The lowest BCUT2D eigenvalue weighted by Gasteiger charge is -2.15. The lowest BCUT2D eigenvalue weighted by molar-refractivity contribution is -0.122. The molecule has 6 nitrogen and oxygen atoms in total. The Morgan fingerprint density at radius 3 is 2.57 bits per heavy atom. The largest absolute Gasteiger partial charge is 0.371 e. The number of rotatable bonds is 6. The zero-order chi connectivity index (χ0) is 16.0. The van der Waals surface area contributed by atoms with E-state index in [1.165, 1.54) is 19.3 Å². The molecule has 2 amide bonds. The van der Waals surface area contributed by atoms with Crippen LogP contribution in [0.3, 0.4) is 0 Å². The van der Waals surface area contributed by atoms with Gasteiger partial charge in [0, 0.05) is 19.8 Å². The zero-order valence-electron chi connectivity index (χ0n) is 12.7. The summed E-state index contributed by atoms with van der Waals surface area (Å²) >= 11 is 0. The summed E-state index contributed by atoms with van der Waals surface area (Å²) in [6.45, 7) is 6.00. The first kappa shape index (κ1) is 16.9. The second kappa shape index (κ2) is 7.56. The maximum atomic E-state index is 13.9. The monoisotopic (exact) mass is 296 g/mol. The molecular weight excluding hydrogens is 275 g/mol. The van der Waals surface area contributed by atoms with Gasteiger partial charge in [-0.3, -0.25) is 9.59 Å². The van der Waals surface area contributed by atoms with Crippen molar-refractivity contribution in [3.05, 3.63) is 23.6 Å². The van der Waals surface area contributed by atoms with Crippen LogP contribution in [0, 0.1) is 11.7 Å². The van der Waals surface area contributed by atoms with E-state index in [9.17, 15) is 14.0 Å². The van der Waals surface area contributed by atoms with Crippen molar-refractivity contribution in [3.8, 4) is 0 Å². The van der Waals surface area contributed by atoms with Crippen LogP contribution in [0.2, 0.25) is 0 Å². The Balaban J connectivity index is 2.70. The standard InChI is InChI=1S/C14H21FN4O2/c1-8(2)7-18-13(20)9(3)19-14(21)10-5-6-17-12(16-4)11(10)15/h5-6,8-9H,7H2,1-4H3,(H,16,17)(H,18,20)(H,19,21). The van der Waals surface area contributed by atoms with E-state index >= 15 is 0 Å². The topological polar surface area (TPSA) is 83.1 Å². The molecule has 1 unspecified atom stereocenters. The number of pyridine rings is 1. The quantitative estimate of drug-likeness (QED) is 0.735. The lowest BCUT2D eigenvalue weighted by atomic mass is 10.2. The number of carbonyl (C=O) groups is 2. The molecule has 1 aromatic rings. The van der Waals surface area contributed by atoms with E-state index in [-0.39, 0.29) is 17.3 Å². The van der Waals surface area contributed by atoms with Gasteiger partial charge in [-0.1, -0.05) is 13.8 Å². The Morgan fingerprint density at radius 2 is 2.00 bits per heavy atom. The van der Waals surface area contributed by atoms with Gasteiger partial charge in [-0.05, 0) is 18.9 Å². The summed E-state index contributed by atoms with van der Waals surface area (Å²) in [7, 11) is 1.51. The van der Waals surface area contributed by atoms with Crippen molar-refractivity contribution < 1.29 is 14.0 Å². The summed E-state index contributed by atoms with van der Waals surface area (Å²) in [5.74, 6) is -1.40. The Hall–Kier alpha value is -2.18. The second-order valence-corrected chi connectivity index (χ2v) is 5.11. The molecule has 0 aliphatic rings. The number of carbonyl (C=O) groups excluding carboxylic acids is 2. The number of halogens is 1. The Morgan fingerprint density at radius 1 is 1.33 bits per heavy atom. The van der Waals surface area contributed by atoms with Crippen molar-refractivity contribution in [1.82, 2.24) is 15.6 Å². The SMILES string of the molecule is CNc1nccc(C(=O)NC(C)C(=O)NCC(C)C)c1F. The highest BCUT2D eigenvalue weighted by molar-refractivity contribution is 5.98. The lowest BCUT2D eigenvalue weighted by Crippen LogP contribution is -2.45. The van der Waals surface area contributed by atoms with Crippen LogP contribution in [0.15, 0.2) is 12.3 Å². The molecule has 0 aliphatic heterocycles. The molecule has 0 aromatic carbocycles. The van der Waals surface area contributed by atoms with Gasteiger partial charge in [-0.15, -0.1) is 0 Å². The van der Waals surface area contributed by atoms with Gasteiger partial charge in [-0.2, -0.15) is 0 Å². The van der Waals surface area contributed by atoms with Gasteiger partial charge in [0.1, 0.15) is 6.04 Å². The average molecular weight is 296 g/mol. The van der Waals surface area contributed by atoms with Crippen LogP contribution in [-0.4, -0.2) is 36.4 Å². The van der Waals surface area contributed by atoms with Crippen molar-refractivity contribution in [1.29, 1.82) is 0 Å². The maximum absolute atomic E-state index is 13.9. The van der Waals surface area contributed by atoms with Gasteiger partial charge >= 0.3 is 0 Å². The number of aromatic nitrogens is 1. The minimum atomic E-state index is -0.748. The molecular formula is C14H21FN4O2. The minimum absolute atomic E-state index is 0.0143. The van der Waals surface area contributed by atoms with E-state index in [0.717, 1.165) is 0 Å². The molecule has 0 saturated heterocycles. The molecule has 0 radical (unpaired) electrons. The van der Waals surface area contributed by atoms with Crippen molar-refractivity contribution in [2.24, 2.45) is 5.92 Å². The first-order valence-electron chi connectivity index (χ1n) is 6.77. The second-order valence-electron chi connectivity index (χ2n) is 5.11. The number of hydrogen-bond acceptors (Lipinski definition) is 4. The average Bonchev–Trinajstić information content (AvgIpc) is 2.44. The van der Waals surface area contributed by atoms with E-state index in [4.69, 9.17) is 0 Å². The smallest absolute Gasteiger partial charge is 0.255 e. The van der Waals surface area contributed by atoms with E-state index in [1.54, 1.807) is 6.92 Å². The normalized spacial score (nSPS) is 11.9. The molecule has 7 heteroatoms. The van der Waals surface area contributed by atoms with E-state index < -0.39 is 17.8 Å². The van der Waals surface area contributed by atoms with Crippen LogP contribution in [0.1, 0.15) is 31.1 Å². The van der Waals surface area contributed by atoms with Gasteiger partial charge in [-0.25, -0.2) is 9.37 Å². The van der Waals surface area contributed by atoms with Crippen LogP contribution in [-0.2, 0) is 4.79 Å². The first-order valence-corrected chi connectivity index (χ1v) is 6.77. The Kier molecular flexibility index (Phi) is 6.08. The third-order valence-corrected chi connectivity index (χ3v) is 2.80. The molecule has 1 aromatic heterocycles. The fraction of sp³-hybridized carbons (Fsp3) is 0.500. The molecule has 0 bridgehead atoms. The van der Waals surface area contributed by atoms with Crippen molar-refractivity contribution in [2.75, 3.05) is 18.9 Å². The van der Waals surface area contributed by atoms with E-state index in [2.05, 4.69) is 20.9 Å². The van der Waals surface area contributed by atoms with E-state index in [1.807, 2.05) is 13.8 Å². The van der Waals surface area contributed by atoms with Crippen LogP contribution in [0.25, 0.3) is 0 Å². The molecule has 0 aliphatic carbocycles. The predicted molar refractivity (Wildman–Crippen MR) is 78.5 cm³/mol. The molecule has 1 atom stereocenters. The van der Waals surface area contributed by atoms with E-state index in [0.29, 0.717) is 12.5 Å². The fourth-order valence-corrected chi connectivity index (χ4v) is 1.59. The molecule has 21 heavy (non-hydrogen) atoms. The number of amides is 2. The van der Waals surface area contributed by atoms with Gasteiger partial charge in [0.05, 0.1) is 5.56 Å². The Bertz CT molecular complexity index is 520. The summed E-state index contributed by atoms with van der Waals surface area (Å²) < 4.78 is 13.9. The number of hydrogen-bond donors (Lipinski definition) is 3. The van der Waals surface area contributed by atoms with Crippen LogP contribution in [0.5, 0.6) is 0 Å². The molecule has 0 saturated carbocycles. The highest BCUT2D eigenvalue weighted by Gasteiger charge is 2.20. The molecule has 1 heterocycles. The zero-order valence-corrected chi connectivity index (χ0v) is 12.7. The van der Waals surface area contributed by atoms with Crippen LogP contribution >= 0.6 is 0 Å². The summed E-state index contributed by atoms with van der Waals surface area (Å²) in [4.78, 5) is 27.5. The van der Waals surface area contributed by atoms with Gasteiger partial charge in [0.25, 0.3) is 5.91 Å². The summed E-state index contributed by atoms with van der Waals surface area (Å²) in [6, 6.07) is 0.520. The predicted octanol–water partition coefficient (Wildman–Crippen LogP) is 1.15. The highest BCUT2D eigenvalue weighted by atomic mass is 19.1. The van der Waals surface area contributed by atoms with Gasteiger partial charge in [0.2, 0.25) is 5.91 Å². The highest BCUT2D eigenvalue weighted by Crippen LogP contribution is 2.14. The molecule has 1 rings (SSSR count). The third kappa shape index (κ3) is 4.70. The first-order chi connectivity index (χ1) is 9.86. The number of anilines is 1. The molecule has 3 N–H and O–H groups in total. The maximum Gasteiger partial charge on any atom is 0.255 e. The van der Waals surface area contributed by atoms with Crippen molar-refractivity contribution in [3.63, 3.8) is 0 Å².